The highest BCUT2D eigenvalue weighted by Crippen LogP contribution is 2.33. The van der Waals surface area contributed by atoms with Crippen molar-refractivity contribution < 1.29 is 9.53 Å². The van der Waals surface area contributed by atoms with Gasteiger partial charge < -0.3 is 14.5 Å². The van der Waals surface area contributed by atoms with E-state index in [4.69, 9.17) is 4.74 Å². The fourth-order valence-corrected chi connectivity index (χ4v) is 4.37. The number of likely N-dealkylation sites (tertiary alicyclic amines) is 2. The smallest absolute Gasteiger partial charge is 0.272 e. The summed E-state index contributed by atoms with van der Waals surface area (Å²) in [6, 6.07) is 12.0. The Morgan fingerprint density at radius 1 is 1.24 bits per heavy atom. The fourth-order valence-electron chi connectivity index (χ4n) is 4.37. The Labute approximate surface area is 148 Å². The average molecular weight is 339 g/mol. The number of benzene rings is 1. The molecule has 5 nitrogen and oxygen atoms in total. The molecule has 2 aliphatic heterocycles. The summed E-state index contributed by atoms with van der Waals surface area (Å²) in [4.78, 5) is 22.2. The molecule has 0 aliphatic carbocycles. The molecule has 25 heavy (non-hydrogen) atoms. The van der Waals surface area contributed by atoms with Crippen molar-refractivity contribution in [1.82, 2.24) is 14.8 Å². The van der Waals surface area contributed by atoms with E-state index in [1.165, 1.54) is 0 Å². The lowest BCUT2D eigenvalue weighted by atomic mass is 9.88. The van der Waals surface area contributed by atoms with E-state index in [0.717, 1.165) is 43.5 Å². The minimum absolute atomic E-state index is 0.0493. The highest BCUT2D eigenvalue weighted by atomic mass is 16.5. The second kappa shape index (κ2) is 6.73. The zero-order valence-corrected chi connectivity index (χ0v) is 14.9. The fraction of sp³-hybridized carbons (Fsp3) is 0.500. The number of ether oxygens (including phenoxy) is 1. The highest BCUT2D eigenvalue weighted by molar-refractivity contribution is 5.95. The van der Waals surface area contributed by atoms with Crippen LogP contribution in [0, 0.1) is 5.92 Å². The Morgan fingerprint density at radius 3 is 2.88 bits per heavy atom. The molecule has 3 heterocycles. The van der Waals surface area contributed by atoms with Gasteiger partial charge in [0, 0.05) is 38.0 Å². The predicted molar refractivity (Wildman–Crippen MR) is 97.6 cm³/mol. The summed E-state index contributed by atoms with van der Waals surface area (Å²) in [5.41, 5.74) is 1.42. The van der Waals surface area contributed by atoms with E-state index in [2.05, 4.69) is 16.8 Å². The van der Waals surface area contributed by atoms with Crippen molar-refractivity contribution in [2.75, 3.05) is 33.3 Å². The number of rotatable bonds is 3. The summed E-state index contributed by atoms with van der Waals surface area (Å²) in [5, 5.41) is 1.06. The number of methoxy groups -OCH3 is 1. The zero-order chi connectivity index (χ0) is 17.4. The maximum atomic E-state index is 13.2. The molecule has 2 aliphatic rings. The van der Waals surface area contributed by atoms with Crippen molar-refractivity contribution in [3.05, 3.63) is 42.1 Å². The number of amides is 1. The lowest BCUT2D eigenvalue weighted by molar-refractivity contribution is -0.0158. The van der Waals surface area contributed by atoms with Crippen molar-refractivity contribution in [3.63, 3.8) is 0 Å². The van der Waals surface area contributed by atoms with Gasteiger partial charge in [-0.05, 0) is 25.1 Å². The molecule has 0 unspecified atom stereocenters. The first-order valence-corrected chi connectivity index (χ1v) is 9.13. The van der Waals surface area contributed by atoms with E-state index in [-0.39, 0.29) is 18.1 Å². The van der Waals surface area contributed by atoms with Gasteiger partial charge in [-0.1, -0.05) is 31.2 Å². The van der Waals surface area contributed by atoms with E-state index in [1.807, 2.05) is 41.3 Å². The summed E-state index contributed by atoms with van der Waals surface area (Å²) < 4.78 is 5.71. The third-order valence-electron chi connectivity index (χ3n) is 5.77. The molecular formula is C20H25N3O2. The number of hydrogen-bond acceptors (Lipinski definition) is 4. The summed E-state index contributed by atoms with van der Waals surface area (Å²) in [5.74, 6) is 0.441. The van der Waals surface area contributed by atoms with Crippen molar-refractivity contribution in [2.24, 2.45) is 5.92 Å². The second-order valence-corrected chi connectivity index (χ2v) is 7.03. The van der Waals surface area contributed by atoms with Crippen LogP contribution >= 0.6 is 0 Å². The van der Waals surface area contributed by atoms with Crippen LogP contribution < -0.4 is 0 Å². The van der Waals surface area contributed by atoms with Gasteiger partial charge in [-0.25, -0.2) is 4.98 Å². The van der Waals surface area contributed by atoms with Gasteiger partial charge in [-0.3, -0.25) is 4.79 Å². The van der Waals surface area contributed by atoms with E-state index < -0.39 is 0 Å². The van der Waals surface area contributed by atoms with Gasteiger partial charge in [-0.15, -0.1) is 0 Å². The van der Waals surface area contributed by atoms with E-state index in [1.54, 1.807) is 7.11 Å². The van der Waals surface area contributed by atoms with Gasteiger partial charge in [0.2, 0.25) is 0 Å². The SMILES string of the molecule is CCN1C[C@H]2[C@@H](C1)N(C(=O)c1ccc3ccccc3n1)CC[C@H]2OC. The predicted octanol–water partition coefficient (Wildman–Crippen LogP) is 2.42. The number of fused-ring (bicyclic) bond motifs is 2. The van der Waals surface area contributed by atoms with Crippen LogP contribution in [0.1, 0.15) is 23.8 Å². The number of pyridine rings is 1. The Kier molecular flexibility index (Phi) is 4.44. The van der Waals surface area contributed by atoms with Crippen LogP contribution in [0.2, 0.25) is 0 Å². The Bertz CT molecular complexity index is 778. The number of piperidine rings is 1. The number of likely N-dealkylation sites (N-methyl/N-ethyl adjacent to an activating group) is 1. The molecule has 0 N–H and O–H groups in total. The third-order valence-corrected chi connectivity index (χ3v) is 5.77. The van der Waals surface area contributed by atoms with Gasteiger partial charge in [0.05, 0.1) is 17.7 Å². The first kappa shape index (κ1) is 16.5. The molecule has 1 aromatic heterocycles. The maximum absolute atomic E-state index is 13.2. The largest absolute Gasteiger partial charge is 0.381 e. The normalized spacial score (nSPS) is 26.8. The van der Waals surface area contributed by atoms with Crippen LogP contribution in [0.3, 0.4) is 0 Å². The second-order valence-electron chi connectivity index (χ2n) is 7.03. The van der Waals surface area contributed by atoms with Gasteiger partial charge in [0.25, 0.3) is 5.91 Å². The quantitative estimate of drug-likeness (QED) is 0.861. The van der Waals surface area contributed by atoms with Crippen molar-refractivity contribution >= 4 is 16.8 Å². The Balaban J connectivity index is 1.62. The standard InChI is InChI=1S/C20H25N3O2/c1-3-22-12-15-18(13-22)23(11-10-19(15)25-2)20(24)17-9-8-14-6-4-5-7-16(14)21-17/h4-9,15,18-19H,3,10-13H2,1-2H3/t15-,18+,19+/m0/s1. The average Bonchev–Trinajstić information content (AvgIpc) is 3.10. The van der Waals surface area contributed by atoms with Crippen LogP contribution in [0.15, 0.2) is 36.4 Å². The zero-order valence-electron chi connectivity index (χ0n) is 14.9. The molecule has 2 aromatic rings. The molecule has 2 fully saturated rings. The molecule has 0 spiro atoms. The molecule has 3 atom stereocenters. The Hall–Kier alpha value is -1.98. The molecule has 0 bridgehead atoms. The van der Waals surface area contributed by atoms with Crippen LogP contribution in [-0.2, 0) is 4.74 Å². The minimum atomic E-state index is 0.0493. The van der Waals surface area contributed by atoms with Crippen LogP contribution in [0.5, 0.6) is 0 Å². The maximum Gasteiger partial charge on any atom is 0.272 e. The van der Waals surface area contributed by atoms with Crippen molar-refractivity contribution in [2.45, 2.75) is 25.5 Å². The lowest BCUT2D eigenvalue weighted by Crippen LogP contribution is -2.53. The first-order valence-electron chi connectivity index (χ1n) is 9.13. The number of para-hydroxylation sites is 1. The number of hydrogen-bond donors (Lipinski definition) is 0. The highest BCUT2D eigenvalue weighted by Gasteiger charge is 2.45. The van der Waals surface area contributed by atoms with Gasteiger partial charge in [0.15, 0.2) is 0 Å². The molecule has 2 saturated heterocycles. The number of aromatic nitrogens is 1. The summed E-state index contributed by atoms with van der Waals surface area (Å²) in [6.07, 6.45) is 1.14. The summed E-state index contributed by atoms with van der Waals surface area (Å²) >= 11 is 0. The van der Waals surface area contributed by atoms with Crippen LogP contribution in [-0.4, -0.2) is 66.1 Å². The van der Waals surface area contributed by atoms with E-state index in [0.29, 0.717) is 11.6 Å². The first-order chi connectivity index (χ1) is 12.2. The van der Waals surface area contributed by atoms with Crippen LogP contribution in [0.4, 0.5) is 0 Å². The summed E-state index contributed by atoms with van der Waals surface area (Å²) in [6.45, 7) is 5.87. The summed E-state index contributed by atoms with van der Waals surface area (Å²) in [7, 11) is 1.79. The van der Waals surface area contributed by atoms with E-state index >= 15 is 0 Å². The monoisotopic (exact) mass is 339 g/mol. The van der Waals surface area contributed by atoms with Crippen molar-refractivity contribution in [1.29, 1.82) is 0 Å². The minimum Gasteiger partial charge on any atom is -0.381 e. The third kappa shape index (κ3) is 2.92. The topological polar surface area (TPSA) is 45.7 Å². The van der Waals surface area contributed by atoms with Crippen LogP contribution in [0.25, 0.3) is 10.9 Å². The number of carbonyl (C=O) groups excluding carboxylic acids is 1. The Morgan fingerprint density at radius 2 is 2.08 bits per heavy atom. The molecule has 0 saturated carbocycles. The molecule has 0 radical (unpaired) electrons. The van der Waals surface area contributed by atoms with E-state index in [9.17, 15) is 4.79 Å². The molecular weight excluding hydrogens is 314 g/mol. The molecule has 5 heteroatoms. The molecule has 1 aromatic carbocycles. The lowest BCUT2D eigenvalue weighted by Gasteiger charge is -2.41. The van der Waals surface area contributed by atoms with Gasteiger partial charge in [0.1, 0.15) is 5.69 Å². The molecule has 4 rings (SSSR count). The van der Waals surface area contributed by atoms with Crippen molar-refractivity contribution in [3.8, 4) is 0 Å². The number of carbonyl (C=O) groups is 1. The molecule has 1 amide bonds. The number of nitrogens with zero attached hydrogens (tertiary/aromatic N) is 3. The van der Waals surface area contributed by atoms with Gasteiger partial charge >= 0.3 is 0 Å². The molecule has 132 valence electrons. The van der Waals surface area contributed by atoms with Gasteiger partial charge in [-0.2, -0.15) is 0 Å².